The maximum atomic E-state index is 9.33. The molecule has 2 aromatic rings. The Morgan fingerprint density at radius 3 is 2.16 bits per heavy atom. The summed E-state index contributed by atoms with van der Waals surface area (Å²) >= 11 is 0. The largest absolute Gasteiger partial charge is 0.507 e. The zero-order valence-electron chi connectivity index (χ0n) is 11.8. The summed E-state index contributed by atoms with van der Waals surface area (Å²) in [5.74, 6) is 6.56. The zero-order chi connectivity index (χ0) is 14.4. The Balaban J connectivity index is 0.000000191. The normalized spacial score (nSPS) is 9.47. The van der Waals surface area contributed by atoms with Crippen LogP contribution < -0.4 is 15.3 Å². The number of aryl methyl sites for hydroxylation is 3. The van der Waals surface area contributed by atoms with E-state index in [1.54, 1.807) is 19.5 Å². The maximum Gasteiger partial charge on any atom is 0.240 e. The van der Waals surface area contributed by atoms with Gasteiger partial charge in [-0.15, -0.1) is 0 Å². The highest BCUT2D eigenvalue weighted by molar-refractivity contribution is 5.41. The molecule has 0 aliphatic rings. The Labute approximate surface area is 114 Å². The van der Waals surface area contributed by atoms with Gasteiger partial charge in [-0.1, -0.05) is 22.4 Å². The first kappa shape index (κ1) is 14.8. The van der Waals surface area contributed by atoms with Gasteiger partial charge in [0.1, 0.15) is 5.75 Å². The summed E-state index contributed by atoms with van der Waals surface area (Å²) < 4.78 is 6.34. The van der Waals surface area contributed by atoms with Crippen molar-refractivity contribution in [3.05, 3.63) is 53.3 Å². The second-order valence-electron chi connectivity index (χ2n) is 4.44. The first-order chi connectivity index (χ1) is 8.93. The lowest BCUT2D eigenvalue weighted by atomic mass is 10.1. The second kappa shape index (κ2) is 6.64. The molecular weight excluding hydrogens is 240 g/mol. The Morgan fingerprint density at radius 1 is 1.16 bits per heavy atom. The van der Waals surface area contributed by atoms with Crippen LogP contribution in [0.5, 0.6) is 11.5 Å². The third-order valence-corrected chi connectivity index (χ3v) is 2.67. The van der Waals surface area contributed by atoms with E-state index in [1.807, 2.05) is 45.0 Å². The van der Waals surface area contributed by atoms with Crippen molar-refractivity contribution < 1.29 is 14.5 Å². The van der Waals surface area contributed by atoms with Crippen molar-refractivity contribution in [1.29, 1.82) is 0 Å². The van der Waals surface area contributed by atoms with E-state index in [9.17, 15) is 5.11 Å². The van der Waals surface area contributed by atoms with E-state index in [4.69, 9.17) is 10.6 Å². The van der Waals surface area contributed by atoms with Crippen LogP contribution in [0.25, 0.3) is 0 Å². The van der Waals surface area contributed by atoms with E-state index in [-0.39, 0.29) is 0 Å². The molecular formula is C15H21N2O2+. The molecule has 0 saturated heterocycles. The van der Waals surface area contributed by atoms with Crippen molar-refractivity contribution in [1.82, 2.24) is 0 Å². The molecule has 1 aromatic carbocycles. The standard InChI is InChI=1S/C9H12O.C6H9N2O/c1-6-4-7(2)9(10)8(3)5-6;1-9-6-3-2-4-8(7)5-6/h4-5,10H,1-3H3;2-5H,7H2,1H3/q;+1. The molecule has 0 radical (unpaired) electrons. The number of rotatable bonds is 1. The fourth-order valence-corrected chi connectivity index (χ4v) is 1.76. The van der Waals surface area contributed by atoms with Gasteiger partial charge < -0.3 is 9.84 Å². The van der Waals surface area contributed by atoms with Gasteiger partial charge in [0.15, 0.2) is 11.9 Å². The van der Waals surface area contributed by atoms with E-state index in [0.717, 1.165) is 16.9 Å². The summed E-state index contributed by atoms with van der Waals surface area (Å²) in [6.07, 6.45) is 3.43. The number of phenolic OH excluding ortho intramolecular Hbond substituents is 1. The van der Waals surface area contributed by atoms with Crippen LogP contribution >= 0.6 is 0 Å². The van der Waals surface area contributed by atoms with Gasteiger partial charge in [0, 0.05) is 6.07 Å². The van der Waals surface area contributed by atoms with Gasteiger partial charge in [0.25, 0.3) is 0 Å². The monoisotopic (exact) mass is 261 g/mol. The van der Waals surface area contributed by atoms with Crippen molar-refractivity contribution in [2.45, 2.75) is 20.8 Å². The lowest BCUT2D eigenvalue weighted by Crippen LogP contribution is -2.43. The minimum Gasteiger partial charge on any atom is -0.507 e. The van der Waals surface area contributed by atoms with Crippen LogP contribution in [0, 0.1) is 20.8 Å². The van der Waals surface area contributed by atoms with E-state index < -0.39 is 0 Å². The number of nitrogens with zero attached hydrogens (tertiary/aromatic N) is 1. The van der Waals surface area contributed by atoms with Crippen molar-refractivity contribution >= 4 is 0 Å². The van der Waals surface area contributed by atoms with Gasteiger partial charge in [-0.3, -0.25) is 0 Å². The molecule has 4 nitrogen and oxygen atoms in total. The molecule has 3 N–H and O–H groups in total. The first-order valence-corrected chi connectivity index (χ1v) is 6.01. The highest BCUT2D eigenvalue weighted by atomic mass is 16.5. The van der Waals surface area contributed by atoms with Gasteiger partial charge in [0.05, 0.1) is 7.11 Å². The molecule has 0 fully saturated rings. The molecule has 4 heteroatoms. The van der Waals surface area contributed by atoms with E-state index in [2.05, 4.69) is 0 Å². The molecule has 19 heavy (non-hydrogen) atoms. The van der Waals surface area contributed by atoms with Crippen molar-refractivity contribution in [2.24, 2.45) is 0 Å². The summed E-state index contributed by atoms with van der Waals surface area (Å²) in [4.78, 5) is 0. The number of nitrogens with two attached hydrogens (primary N) is 1. The minimum absolute atomic E-state index is 0.422. The quantitative estimate of drug-likeness (QED) is 0.610. The van der Waals surface area contributed by atoms with Crippen LogP contribution in [-0.2, 0) is 0 Å². The summed E-state index contributed by atoms with van der Waals surface area (Å²) in [6, 6.07) is 7.60. The van der Waals surface area contributed by atoms with Gasteiger partial charge in [-0.25, -0.2) is 5.84 Å². The average Bonchev–Trinajstić information content (AvgIpc) is 2.36. The third-order valence-electron chi connectivity index (χ3n) is 2.67. The fraction of sp³-hybridized carbons (Fsp3) is 0.267. The Kier molecular flexibility index (Phi) is 5.18. The lowest BCUT2D eigenvalue weighted by Gasteiger charge is -2.03. The first-order valence-electron chi connectivity index (χ1n) is 6.01. The van der Waals surface area contributed by atoms with Gasteiger partial charge >= 0.3 is 0 Å². The van der Waals surface area contributed by atoms with Crippen LogP contribution in [-0.4, -0.2) is 12.2 Å². The van der Waals surface area contributed by atoms with Crippen LogP contribution in [0.2, 0.25) is 0 Å². The van der Waals surface area contributed by atoms with Crippen molar-refractivity contribution in [3.8, 4) is 11.5 Å². The van der Waals surface area contributed by atoms with Crippen LogP contribution in [0.1, 0.15) is 16.7 Å². The van der Waals surface area contributed by atoms with Crippen LogP contribution in [0.3, 0.4) is 0 Å². The summed E-state index contributed by atoms with van der Waals surface area (Å²) in [5, 5.41) is 9.33. The number of benzene rings is 1. The highest BCUT2D eigenvalue weighted by Gasteiger charge is 1.99. The molecule has 0 aliphatic heterocycles. The molecule has 0 atom stereocenters. The molecule has 1 aromatic heterocycles. The highest BCUT2D eigenvalue weighted by Crippen LogP contribution is 2.21. The van der Waals surface area contributed by atoms with Crippen LogP contribution in [0.4, 0.5) is 0 Å². The number of ether oxygens (including phenoxy) is 1. The van der Waals surface area contributed by atoms with Crippen LogP contribution in [0.15, 0.2) is 36.7 Å². The molecule has 0 amide bonds. The molecule has 1 heterocycles. The lowest BCUT2D eigenvalue weighted by molar-refractivity contribution is -0.639. The number of nitrogen functional groups attached to an aromatic ring is 1. The van der Waals surface area contributed by atoms with E-state index in [0.29, 0.717) is 5.75 Å². The Morgan fingerprint density at radius 2 is 1.74 bits per heavy atom. The molecule has 0 bridgehead atoms. The second-order valence-corrected chi connectivity index (χ2v) is 4.44. The molecule has 102 valence electrons. The zero-order valence-corrected chi connectivity index (χ0v) is 11.8. The third kappa shape index (κ3) is 4.50. The van der Waals surface area contributed by atoms with E-state index in [1.165, 1.54) is 10.2 Å². The van der Waals surface area contributed by atoms with Crippen molar-refractivity contribution in [2.75, 3.05) is 13.0 Å². The molecule has 0 saturated carbocycles. The van der Waals surface area contributed by atoms with Gasteiger partial charge in [-0.2, -0.15) is 0 Å². The predicted molar refractivity (Wildman–Crippen MR) is 75.7 cm³/mol. The number of hydrogen-bond acceptors (Lipinski definition) is 3. The molecule has 2 rings (SSSR count). The number of aromatic hydroxyl groups is 1. The molecule has 0 aliphatic carbocycles. The SMILES string of the molecule is COc1ccc[n+](N)c1.Cc1cc(C)c(O)c(C)c1. The summed E-state index contributed by atoms with van der Waals surface area (Å²) in [7, 11) is 1.61. The Bertz CT molecular complexity index is 531. The Hall–Kier alpha value is -2.23. The fourth-order valence-electron chi connectivity index (χ4n) is 1.76. The smallest absolute Gasteiger partial charge is 0.240 e. The average molecular weight is 261 g/mol. The maximum absolute atomic E-state index is 9.33. The number of aromatic nitrogens is 1. The summed E-state index contributed by atoms with van der Waals surface area (Å²) in [6.45, 7) is 5.85. The molecule has 0 spiro atoms. The topological polar surface area (TPSA) is 59.4 Å². The van der Waals surface area contributed by atoms with Gasteiger partial charge in [0.2, 0.25) is 6.20 Å². The number of hydrogen-bond donors (Lipinski definition) is 2. The number of methoxy groups -OCH3 is 1. The van der Waals surface area contributed by atoms with Crippen molar-refractivity contribution in [3.63, 3.8) is 0 Å². The summed E-state index contributed by atoms with van der Waals surface area (Å²) in [5.41, 5.74) is 3.11. The number of pyridine rings is 1. The minimum atomic E-state index is 0.422. The number of phenols is 1. The van der Waals surface area contributed by atoms with Gasteiger partial charge in [-0.05, 0) is 38.0 Å². The predicted octanol–water partition coefficient (Wildman–Crippen LogP) is 2.01. The van der Waals surface area contributed by atoms with E-state index >= 15 is 0 Å². The molecule has 0 unspecified atom stereocenters.